The van der Waals surface area contributed by atoms with Gasteiger partial charge in [-0.1, -0.05) is 29.8 Å². The first-order valence-electron chi connectivity index (χ1n) is 5.11. The lowest BCUT2D eigenvalue weighted by Crippen LogP contribution is -2.12. The van der Waals surface area contributed by atoms with Crippen LogP contribution in [0.3, 0.4) is 0 Å². The second-order valence-electron chi connectivity index (χ2n) is 3.76. The number of aliphatic hydroxyl groups is 1. The van der Waals surface area contributed by atoms with Crippen molar-refractivity contribution in [3.8, 4) is 0 Å². The van der Waals surface area contributed by atoms with Gasteiger partial charge in [-0.2, -0.15) is 0 Å². The minimum Gasteiger partial charge on any atom is -0.379 e. The molecule has 0 aliphatic rings. The molecular weight excluding hydrogens is 202 g/mol. The predicted octanol–water partition coefficient (Wildman–Crippen LogP) is 2.24. The molecule has 3 nitrogen and oxygen atoms in total. The second kappa shape index (κ2) is 4.33. The molecule has 1 heterocycles. The summed E-state index contributed by atoms with van der Waals surface area (Å²) in [6.45, 7) is 1.95. The first-order valence-corrected chi connectivity index (χ1v) is 5.11. The Morgan fingerprint density at radius 3 is 2.50 bits per heavy atom. The number of benzene rings is 1. The molecule has 1 atom stereocenters. The third-order valence-electron chi connectivity index (χ3n) is 2.50. The van der Waals surface area contributed by atoms with Crippen LogP contribution >= 0.6 is 0 Å². The molecule has 0 aliphatic carbocycles. The van der Waals surface area contributed by atoms with Crippen LogP contribution < -0.4 is 0 Å². The number of H-pyrrole nitrogens is 1. The highest BCUT2D eigenvalue weighted by molar-refractivity contribution is 5.99. The molecule has 0 saturated heterocycles. The summed E-state index contributed by atoms with van der Waals surface area (Å²) >= 11 is 0. The number of carbonyl (C=O) groups is 1. The fraction of sp³-hybridized carbons (Fsp3) is 0.154. The Kier molecular flexibility index (Phi) is 2.88. The maximum atomic E-state index is 11.9. The molecule has 1 aromatic heterocycles. The molecule has 0 amide bonds. The van der Waals surface area contributed by atoms with Crippen molar-refractivity contribution < 1.29 is 9.90 Å². The number of aryl methyl sites for hydroxylation is 1. The number of hydrogen-bond acceptors (Lipinski definition) is 2. The molecule has 1 unspecified atom stereocenters. The number of Topliss-reactive ketones (excluding diaryl/α,β-unsaturated/α-hetero) is 1. The van der Waals surface area contributed by atoms with E-state index in [-0.39, 0.29) is 5.78 Å². The lowest BCUT2D eigenvalue weighted by molar-refractivity contribution is 0.0741. The van der Waals surface area contributed by atoms with Crippen molar-refractivity contribution in [2.45, 2.75) is 13.0 Å². The summed E-state index contributed by atoms with van der Waals surface area (Å²) < 4.78 is 0. The molecule has 2 N–H and O–H groups in total. The molecule has 3 heteroatoms. The third kappa shape index (κ3) is 2.04. The van der Waals surface area contributed by atoms with E-state index in [0.717, 1.165) is 5.56 Å². The van der Waals surface area contributed by atoms with Gasteiger partial charge in [0.15, 0.2) is 11.9 Å². The van der Waals surface area contributed by atoms with Crippen molar-refractivity contribution in [3.05, 3.63) is 59.4 Å². The maximum Gasteiger partial charge on any atom is 0.197 e. The summed E-state index contributed by atoms with van der Waals surface area (Å²) in [6, 6.07) is 10.6. The highest BCUT2D eigenvalue weighted by atomic mass is 16.3. The lowest BCUT2D eigenvalue weighted by atomic mass is 10.0. The van der Waals surface area contributed by atoms with E-state index in [4.69, 9.17) is 0 Å². The molecule has 2 rings (SSSR count). The zero-order chi connectivity index (χ0) is 11.5. The van der Waals surface area contributed by atoms with Crippen LogP contribution in [0.1, 0.15) is 27.7 Å². The van der Waals surface area contributed by atoms with Gasteiger partial charge in [-0.3, -0.25) is 4.79 Å². The first-order chi connectivity index (χ1) is 7.68. The summed E-state index contributed by atoms with van der Waals surface area (Å²) in [5.74, 6) is -0.289. The highest BCUT2D eigenvalue weighted by Crippen LogP contribution is 2.16. The van der Waals surface area contributed by atoms with Crippen LogP contribution in [0.2, 0.25) is 0 Å². The van der Waals surface area contributed by atoms with Gasteiger partial charge in [0.25, 0.3) is 0 Å². The van der Waals surface area contributed by atoms with E-state index in [1.807, 2.05) is 19.1 Å². The van der Waals surface area contributed by atoms with Gasteiger partial charge in [0.2, 0.25) is 0 Å². The molecule has 82 valence electrons. The first kappa shape index (κ1) is 10.6. The number of rotatable bonds is 3. The molecule has 0 spiro atoms. The van der Waals surface area contributed by atoms with Crippen LogP contribution in [-0.4, -0.2) is 15.9 Å². The van der Waals surface area contributed by atoms with E-state index in [0.29, 0.717) is 11.3 Å². The Balaban J connectivity index is 2.22. The minimum absolute atomic E-state index is 0.289. The smallest absolute Gasteiger partial charge is 0.197 e. The summed E-state index contributed by atoms with van der Waals surface area (Å²) in [5.41, 5.74) is 2.13. The second-order valence-corrected chi connectivity index (χ2v) is 3.76. The zero-order valence-electron chi connectivity index (χ0n) is 8.97. The largest absolute Gasteiger partial charge is 0.379 e. The van der Waals surface area contributed by atoms with Gasteiger partial charge < -0.3 is 10.1 Å². The minimum atomic E-state index is -1.11. The average Bonchev–Trinajstić information content (AvgIpc) is 2.81. The van der Waals surface area contributed by atoms with Gasteiger partial charge >= 0.3 is 0 Å². The Morgan fingerprint density at radius 2 is 1.94 bits per heavy atom. The Bertz CT molecular complexity index is 471. The molecule has 16 heavy (non-hydrogen) atoms. The van der Waals surface area contributed by atoms with E-state index in [1.54, 1.807) is 30.5 Å². The number of aliphatic hydroxyl groups excluding tert-OH is 1. The van der Waals surface area contributed by atoms with Gasteiger partial charge in [-0.25, -0.2) is 0 Å². The van der Waals surface area contributed by atoms with Gasteiger partial charge in [0.05, 0.1) is 5.69 Å². The van der Waals surface area contributed by atoms with E-state index in [2.05, 4.69) is 4.98 Å². The number of hydrogen-bond donors (Lipinski definition) is 2. The van der Waals surface area contributed by atoms with Gasteiger partial charge in [-0.15, -0.1) is 0 Å². The SMILES string of the molecule is Cc1ccc(C(=O)C(O)c2ccc[nH]2)cc1. The maximum absolute atomic E-state index is 11.9. The fourth-order valence-electron chi connectivity index (χ4n) is 1.53. The van der Waals surface area contributed by atoms with Gasteiger partial charge in [0.1, 0.15) is 0 Å². The van der Waals surface area contributed by atoms with Gasteiger partial charge in [-0.05, 0) is 19.1 Å². The molecule has 0 bridgehead atoms. The predicted molar refractivity (Wildman–Crippen MR) is 61.3 cm³/mol. The van der Waals surface area contributed by atoms with E-state index in [9.17, 15) is 9.90 Å². The van der Waals surface area contributed by atoms with Crippen LogP contribution in [0.4, 0.5) is 0 Å². The van der Waals surface area contributed by atoms with Crippen molar-refractivity contribution in [1.82, 2.24) is 4.98 Å². The Labute approximate surface area is 93.7 Å². The van der Waals surface area contributed by atoms with Crippen LogP contribution in [0.25, 0.3) is 0 Å². The number of nitrogens with one attached hydrogen (secondary N) is 1. The lowest BCUT2D eigenvalue weighted by Gasteiger charge is -2.07. The van der Waals surface area contributed by atoms with E-state index < -0.39 is 6.10 Å². The van der Waals surface area contributed by atoms with Crippen molar-refractivity contribution in [2.75, 3.05) is 0 Å². The number of aromatic amines is 1. The normalized spacial score (nSPS) is 12.4. The van der Waals surface area contributed by atoms with Gasteiger partial charge in [0, 0.05) is 11.8 Å². The molecule has 2 aromatic rings. The van der Waals surface area contributed by atoms with Crippen molar-refractivity contribution in [2.24, 2.45) is 0 Å². The van der Waals surface area contributed by atoms with Crippen molar-refractivity contribution in [1.29, 1.82) is 0 Å². The van der Waals surface area contributed by atoms with Crippen LogP contribution in [-0.2, 0) is 0 Å². The topological polar surface area (TPSA) is 53.1 Å². The van der Waals surface area contributed by atoms with Crippen LogP contribution in [0, 0.1) is 6.92 Å². The summed E-state index contributed by atoms with van der Waals surface area (Å²) in [7, 11) is 0. The monoisotopic (exact) mass is 215 g/mol. The quantitative estimate of drug-likeness (QED) is 0.771. The van der Waals surface area contributed by atoms with E-state index in [1.165, 1.54) is 0 Å². The molecule has 0 aliphatic heterocycles. The number of carbonyl (C=O) groups excluding carboxylic acids is 1. The molecule has 1 aromatic carbocycles. The molecule has 0 radical (unpaired) electrons. The Morgan fingerprint density at radius 1 is 1.25 bits per heavy atom. The highest BCUT2D eigenvalue weighted by Gasteiger charge is 2.19. The van der Waals surface area contributed by atoms with E-state index >= 15 is 0 Å². The Hall–Kier alpha value is -1.87. The van der Waals surface area contributed by atoms with Crippen molar-refractivity contribution >= 4 is 5.78 Å². The average molecular weight is 215 g/mol. The summed E-state index contributed by atoms with van der Waals surface area (Å²) in [5, 5.41) is 9.82. The standard InChI is InChI=1S/C13H13NO2/c1-9-4-6-10(7-5-9)12(15)13(16)11-3-2-8-14-11/h2-8,13-14,16H,1H3. The van der Waals surface area contributed by atoms with Crippen LogP contribution in [0.5, 0.6) is 0 Å². The summed E-state index contributed by atoms with van der Waals surface area (Å²) in [6.07, 6.45) is 0.568. The van der Waals surface area contributed by atoms with Crippen molar-refractivity contribution in [3.63, 3.8) is 0 Å². The molecule has 0 fully saturated rings. The molecule has 0 saturated carbocycles. The number of aromatic nitrogens is 1. The van der Waals surface area contributed by atoms with Crippen LogP contribution in [0.15, 0.2) is 42.6 Å². The fourth-order valence-corrected chi connectivity index (χ4v) is 1.53. The molecular formula is C13H13NO2. The summed E-state index contributed by atoms with van der Waals surface area (Å²) in [4.78, 5) is 14.7. The third-order valence-corrected chi connectivity index (χ3v) is 2.50. The zero-order valence-corrected chi connectivity index (χ0v) is 8.97. The number of ketones is 1.